The fraction of sp³-hybridized carbons (Fsp3) is 0. The van der Waals surface area contributed by atoms with Gasteiger partial charge >= 0.3 is 17.8 Å². The van der Waals surface area contributed by atoms with E-state index in [9.17, 15) is 24.5 Å². The second kappa shape index (κ2) is 8.15. The highest BCUT2D eigenvalue weighted by Crippen LogP contribution is 2.15. The molecule has 0 spiro atoms. The lowest BCUT2D eigenvalue weighted by molar-refractivity contribution is -0.384. The highest BCUT2D eigenvalue weighted by molar-refractivity contribution is 6.39. The molecule has 0 radical (unpaired) electrons. The second-order valence-electron chi connectivity index (χ2n) is 4.88. The van der Waals surface area contributed by atoms with Crippen molar-refractivity contribution in [3.63, 3.8) is 0 Å². The third kappa shape index (κ3) is 4.96. The molecule has 0 aliphatic carbocycles. The van der Waals surface area contributed by atoms with Gasteiger partial charge in [-0.2, -0.15) is 5.10 Å². The lowest BCUT2D eigenvalue weighted by Crippen LogP contribution is -2.32. The summed E-state index contributed by atoms with van der Waals surface area (Å²) < 4.78 is 0. The first-order valence-electron chi connectivity index (χ1n) is 7.09. The smallest absolute Gasteiger partial charge is 0.335 e. The minimum Gasteiger partial charge on any atom is -0.478 e. The van der Waals surface area contributed by atoms with Crippen molar-refractivity contribution in [2.24, 2.45) is 5.10 Å². The monoisotopic (exact) mass is 356 g/mol. The van der Waals surface area contributed by atoms with Crippen LogP contribution in [0.15, 0.2) is 53.6 Å². The van der Waals surface area contributed by atoms with E-state index in [0.29, 0.717) is 5.56 Å². The van der Waals surface area contributed by atoms with Crippen molar-refractivity contribution in [2.75, 3.05) is 5.32 Å². The summed E-state index contributed by atoms with van der Waals surface area (Å²) in [4.78, 5) is 44.0. The molecule has 0 saturated heterocycles. The maximum atomic E-state index is 11.7. The number of carboxylic acids is 1. The molecule has 0 atom stereocenters. The lowest BCUT2D eigenvalue weighted by Gasteiger charge is -2.03. The molecule has 0 saturated carbocycles. The number of nitrogens with zero attached hydrogens (tertiary/aromatic N) is 2. The summed E-state index contributed by atoms with van der Waals surface area (Å²) in [5.74, 6) is -3.11. The molecular formula is C16H12N4O6. The quantitative estimate of drug-likeness (QED) is 0.319. The van der Waals surface area contributed by atoms with Gasteiger partial charge in [-0.1, -0.05) is 12.1 Å². The molecule has 0 heterocycles. The SMILES string of the molecule is O=C(N/N=C\c1ccc(C(=O)O)cc1)C(=O)Nc1ccc([N+](=O)[O-])cc1. The normalized spacial score (nSPS) is 10.3. The molecule has 0 aromatic heterocycles. The number of rotatable bonds is 5. The Kier molecular flexibility index (Phi) is 5.72. The van der Waals surface area contributed by atoms with Gasteiger partial charge in [-0.3, -0.25) is 19.7 Å². The van der Waals surface area contributed by atoms with Crippen LogP contribution in [0, 0.1) is 10.1 Å². The molecule has 0 aliphatic rings. The Morgan fingerprint density at radius 3 is 2.15 bits per heavy atom. The van der Waals surface area contributed by atoms with Gasteiger partial charge in [0.05, 0.1) is 16.7 Å². The molecule has 0 unspecified atom stereocenters. The average molecular weight is 356 g/mol. The predicted octanol–water partition coefficient (Wildman–Crippen LogP) is 1.38. The van der Waals surface area contributed by atoms with Crippen molar-refractivity contribution in [3.05, 3.63) is 69.8 Å². The summed E-state index contributed by atoms with van der Waals surface area (Å²) in [6, 6.07) is 10.7. The Bertz CT molecular complexity index is 875. The van der Waals surface area contributed by atoms with Crippen LogP contribution in [-0.2, 0) is 9.59 Å². The first kappa shape index (κ1) is 18.3. The van der Waals surface area contributed by atoms with Gasteiger partial charge in [0.25, 0.3) is 5.69 Å². The number of carboxylic acid groups (broad SMARTS) is 1. The zero-order valence-corrected chi connectivity index (χ0v) is 13.1. The van der Waals surface area contributed by atoms with Gasteiger partial charge in [0, 0.05) is 17.8 Å². The Hall–Kier alpha value is -4.08. The van der Waals surface area contributed by atoms with E-state index in [1.165, 1.54) is 54.7 Å². The summed E-state index contributed by atoms with van der Waals surface area (Å²) >= 11 is 0. The van der Waals surface area contributed by atoms with Crippen LogP contribution in [0.1, 0.15) is 15.9 Å². The average Bonchev–Trinajstić information content (AvgIpc) is 2.62. The fourth-order valence-electron chi connectivity index (χ4n) is 1.78. The number of non-ortho nitro benzene ring substituents is 1. The van der Waals surface area contributed by atoms with E-state index in [4.69, 9.17) is 5.11 Å². The van der Waals surface area contributed by atoms with E-state index in [1.54, 1.807) is 0 Å². The molecule has 0 fully saturated rings. The Labute approximate surface area is 146 Å². The number of nitro groups is 1. The molecule has 132 valence electrons. The molecule has 0 aliphatic heterocycles. The number of aromatic carboxylic acids is 1. The number of nitro benzene ring substituents is 1. The van der Waals surface area contributed by atoms with Gasteiger partial charge in [-0.15, -0.1) is 0 Å². The lowest BCUT2D eigenvalue weighted by atomic mass is 10.1. The highest BCUT2D eigenvalue weighted by Gasteiger charge is 2.13. The van der Waals surface area contributed by atoms with E-state index in [2.05, 4.69) is 10.4 Å². The largest absolute Gasteiger partial charge is 0.478 e. The van der Waals surface area contributed by atoms with Crippen LogP contribution >= 0.6 is 0 Å². The summed E-state index contributed by atoms with van der Waals surface area (Å²) in [6.07, 6.45) is 1.24. The molecule has 2 aromatic carbocycles. The van der Waals surface area contributed by atoms with Gasteiger partial charge in [0.2, 0.25) is 0 Å². The van der Waals surface area contributed by atoms with Gasteiger partial charge in [0.1, 0.15) is 0 Å². The molecule has 26 heavy (non-hydrogen) atoms. The van der Waals surface area contributed by atoms with Crippen molar-refractivity contribution in [2.45, 2.75) is 0 Å². The van der Waals surface area contributed by atoms with E-state index >= 15 is 0 Å². The van der Waals surface area contributed by atoms with Crippen molar-refractivity contribution in [3.8, 4) is 0 Å². The van der Waals surface area contributed by atoms with Gasteiger partial charge in [-0.05, 0) is 29.8 Å². The molecule has 2 aromatic rings. The number of anilines is 1. The number of hydrogen-bond donors (Lipinski definition) is 3. The van der Waals surface area contributed by atoms with Gasteiger partial charge in [-0.25, -0.2) is 10.2 Å². The first-order chi connectivity index (χ1) is 12.4. The van der Waals surface area contributed by atoms with E-state index in [1.807, 2.05) is 5.43 Å². The van der Waals surface area contributed by atoms with Gasteiger partial charge in [0.15, 0.2) is 0 Å². The number of hydrogen-bond acceptors (Lipinski definition) is 6. The molecule has 10 heteroatoms. The van der Waals surface area contributed by atoms with Crippen LogP contribution in [0.4, 0.5) is 11.4 Å². The molecule has 10 nitrogen and oxygen atoms in total. The van der Waals surface area contributed by atoms with Crippen molar-refractivity contribution in [1.82, 2.24) is 5.43 Å². The third-order valence-electron chi connectivity index (χ3n) is 3.08. The second-order valence-corrected chi connectivity index (χ2v) is 4.88. The number of benzene rings is 2. The number of carbonyl (C=O) groups is 3. The Balaban J connectivity index is 1.89. The summed E-state index contributed by atoms with van der Waals surface area (Å²) in [5, 5.41) is 25.2. The number of hydrazone groups is 1. The van der Waals surface area contributed by atoms with E-state index < -0.39 is 22.7 Å². The van der Waals surface area contributed by atoms with Crippen molar-refractivity contribution in [1.29, 1.82) is 0 Å². The van der Waals surface area contributed by atoms with E-state index in [0.717, 1.165) is 0 Å². The molecule has 2 amide bonds. The molecular weight excluding hydrogens is 344 g/mol. The number of carbonyl (C=O) groups excluding carboxylic acids is 2. The topological polar surface area (TPSA) is 151 Å². The van der Waals surface area contributed by atoms with Crippen molar-refractivity contribution >= 4 is 35.4 Å². The van der Waals surface area contributed by atoms with Gasteiger partial charge < -0.3 is 10.4 Å². The van der Waals surface area contributed by atoms with Crippen LogP contribution in [0.2, 0.25) is 0 Å². The van der Waals surface area contributed by atoms with Crippen LogP contribution in [0.5, 0.6) is 0 Å². The number of nitrogens with one attached hydrogen (secondary N) is 2. The maximum Gasteiger partial charge on any atom is 0.335 e. The summed E-state index contributed by atoms with van der Waals surface area (Å²) in [6.45, 7) is 0. The van der Waals surface area contributed by atoms with Crippen molar-refractivity contribution < 1.29 is 24.4 Å². The minimum atomic E-state index is -1.07. The molecule has 0 bridgehead atoms. The van der Waals surface area contributed by atoms with Crippen LogP contribution < -0.4 is 10.7 Å². The number of amides is 2. The first-order valence-corrected chi connectivity index (χ1v) is 7.09. The summed E-state index contributed by atoms with van der Waals surface area (Å²) in [7, 11) is 0. The highest BCUT2D eigenvalue weighted by atomic mass is 16.6. The standard InChI is InChI=1S/C16H12N4O6/c21-14(18-12-5-7-13(8-6-12)20(25)26)15(22)19-17-9-10-1-3-11(4-2-10)16(23)24/h1-9H,(H,18,21)(H,19,22)(H,23,24)/b17-9-. The Morgan fingerprint density at radius 1 is 1.00 bits per heavy atom. The maximum absolute atomic E-state index is 11.7. The van der Waals surface area contributed by atoms with Crippen LogP contribution in [0.3, 0.4) is 0 Å². The predicted molar refractivity (Wildman–Crippen MR) is 90.9 cm³/mol. The van der Waals surface area contributed by atoms with E-state index in [-0.39, 0.29) is 16.9 Å². The molecule has 3 N–H and O–H groups in total. The molecule has 2 rings (SSSR count). The van der Waals surface area contributed by atoms with Crippen LogP contribution in [0.25, 0.3) is 0 Å². The zero-order valence-electron chi connectivity index (χ0n) is 13.1. The fourth-order valence-corrected chi connectivity index (χ4v) is 1.78. The third-order valence-corrected chi connectivity index (χ3v) is 3.08. The summed E-state index contributed by atoms with van der Waals surface area (Å²) in [5.41, 5.74) is 2.70. The van der Waals surface area contributed by atoms with Crippen LogP contribution in [-0.4, -0.2) is 34.0 Å². The Morgan fingerprint density at radius 2 is 1.62 bits per heavy atom. The zero-order chi connectivity index (χ0) is 19.1. The minimum absolute atomic E-state index is 0.105.